The van der Waals surface area contributed by atoms with E-state index >= 15 is 0 Å². The number of nitrogens with one attached hydrogen (secondary N) is 2. The zero-order valence-corrected chi connectivity index (χ0v) is 19.5. The van der Waals surface area contributed by atoms with Crippen LogP contribution in [-0.4, -0.2) is 30.0 Å². The van der Waals surface area contributed by atoms with Crippen molar-refractivity contribution in [2.45, 2.75) is 18.9 Å². The van der Waals surface area contributed by atoms with Crippen LogP contribution in [0.4, 0.5) is 5.82 Å². The van der Waals surface area contributed by atoms with Crippen LogP contribution < -0.4 is 21.1 Å². The minimum atomic E-state index is -0.0931. The van der Waals surface area contributed by atoms with Gasteiger partial charge in [0.15, 0.2) is 0 Å². The van der Waals surface area contributed by atoms with Gasteiger partial charge in [0.1, 0.15) is 17.3 Å². The molecule has 1 fully saturated rings. The van der Waals surface area contributed by atoms with Crippen LogP contribution in [0, 0.1) is 0 Å². The summed E-state index contributed by atoms with van der Waals surface area (Å²) in [4.78, 5) is 16.8. The maximum atomic E-state index is 12.4. The molecule has 2 aromatic heterocycles. The van der Waals surface area contributed by atoms with Gasteiger partial charge in [-0.25, -0.2) is 4.98 Å². The minimum Gasteiger partial charge on any atom is -0.457 e. The molecule has 0 spiro atoms. The lowest BCUT2D eigenvalue weighted by Gasteiger charge is -2.23. The van der Waals surface area contributed by atoms with E-state index in [1.54, 1.807) is 23.6 Å². The van der Waals surface area contributed by atoms with Crippen LogP contribution >= 0.6 is 11.3 Å². The molecule has 1 aliphatic rings. The van der Waals surface area contributed by atoms with E-state index in [2.05, 4.69) is 21.0 Å². The van der Waals surface area contributed by atoms with E-state index in [0.717, 1.165) is 64.2 Å². The fraction of sp³-hybridized carbons (Fsp3) is 0.185. The van der Waals surface area contributed by atoms with Gasteiger partial charge in [-0.1, -0.05) is 30.3 Å². The first-order chi connectivity index (χ1) is 16.7. The summed E-state index contributed by atoms with van der Waals surface area (Å²) in [6, 6.07) is 17.8. The number of pyridine rings is 1. The van der Waals surface area contributed by atoms with Crippen LogP contribution in [0.3, 0.4) is 0 Å². The van der Waals surface area contributed by atoms with Gasteiger partial charge in [0.05, 0.1) is 0 Å². The van der Waals surface area contributed by atoms with Crippen LogP contribution in [0.15, 0.2) is 72.3 Å². The Bertz CT molecular complexity index is 1310. The predicted molar refractivity (Wildman–Crippen MR) is 139 cm³/mol. The number of nitrogens with zero attached hydrogens (tertiary/aromatic N) is 1. The minimum absolute atomic E-state index is 0.0931. The number of aromatic nitrogens is 1. The standard InChI is InChI=1S/C27H26N4O2S/c28-27-25-23(18-8-11-22(12-9-18)33-21-6-2-1-3-7-21)17-34-26(25)19(15-30-27)10-13-24(32)31-20-5-4-14-29-16-20/h1-3,6-13,15,17,20,29H,4-5,14,16H2,(H2,28,30)(H,31,32)/t20-/m1/s1. The van der Waals surface area contributed by atoms with Crippen LogP contribution in [0.2, 0.25) is 0 Å². The predicted octanol–water partition coefficient (Wildman–Crippen LogP) is 5.22. The van der Waals surface area contributed by atoms with Gasteiger partial charge in [-0.2, -0.15) is 0 Å². The molecular formula is C27H26N4O2S. The Kier molecular flexibility index (Phi) is 6.56. The van der Waals surface area contributed by atoms with Crippen molar-refractivity contribution in [1.29, 1.82) is 0 Å². The summed E-state index contributed by atoms with van der Waals surface area (Å²) >= 11 is 1.60. The molecule has 0 bridgehead atoms. The molecular weight excluding hydrogens is 444 g/mol. The highest BCUT2D eigenvalue weighted by molar-refractivity contribution is 7.18. The maximum Gasteiger partial charge on any atom is 0.244 e. The zero-order chi connectivity index (χ0) is 23.3. The van der Waals surface area contributed by atoms with Gasteiger partial charge in [0.25, 0.3) is 0 Å². The Hall–Kier alpha value is -3.68. The van der Waals surface area contributed by atoms with Crippen LogP contribution in [-0.2, 0) is 4.79 Å². The lowest BCUT2D eigenvalue weighted by molar-refractivity contribution is -0.117. The second kappa shape index (κ2) is 10.1. The molecule has 1 atom stereocenters. The molecule has 1 saturated heterocycles. The van der Waals surface area contributed by atoms with Crippen molar-refractivity contribution in [3.05, 3.63) is 77.8 Å². The SMILES string of the molecule is Nc1ncc(C=CC(=O)N[C@@H]2CCCNC2)c2scc(-c3ccc(Oc4ccccc4)cc3)c12. The first kappa shape index (κ1) is 22.1. The van der Waals surface area contributed by atoms with Gasteiger partial charge in [0.2, 0.25) is 5.91 Å². The van der Waals surface area contributed by atoms with E-state index in [4.69, 9.17) is 10.5 Å². The number of carbonyl (C=O) groups is 1. The second-order valence-corrected chi connectivity index (χ2v) is 9.16. The van der Waals surface area contributed by atoms with Gasteiger partial charge in [-0.05, 0) is 60.7 Å². The Balaban J connectivity index is 1.36. The number of rotatable bonds is 6. The van der Waals surface area contributed by atoms with Crippen LogP contribution in [0.1, 0.15) is 18.4 Å². The van der Waals surface area contributed by atoms with Gasteiger partial charge in [-0.3, -0.25) is 4.79 Å². The number of nitrogens with two attached hydrogens (primary N) is 1. The Morgan fingerprint density at radius 3 is 2.71 bits per heavy atom. The quantitative estimate of drug-likeness (QED) is 0.336. The molecule has 34 heavy (non-hydrogen) atoms. The zero-order valence-electron chi connectivity index (χ0n) is 18.7. The summed E-state index contributed by atoms with van der Waals surface area (Å²) in [6.07, 6.45) is 7.20. The van der Waals surface area contributed by atoms with E-state index in [0.29, 0.717) is 5.82 Å². The van der Waals surface area contributed by atoms with Crippen molar-refractivity contribution < 1.29 is 9.53 Å². The molecule has 1 amide bonds. The Morgan fingerprint density at radius 2 is 1.94 bits per heavy atom. The maximum absolute atomic E-state index is 12.4. The number of ether oxygens (including phenoxy) is 1. The highest BCUT2D eigenvalue weighted by Crippen LogP contribution is 2.39. The number of piperidine rings is 1. The van der Waals surface area contributed by atoms with E-state index < -0.39 is 0 Å². The molecule has 3 heterocycles. The van der Waals surface area contributed by atoms with Crippen molar-refractivity contribution in [2.24, 2.45) is 0 Å². The number of nitrogen functional groups attached to an aromatic ring is 1. The van der Waals surface area contributed by atoms with Crippen LogP contribution in [0.5, 0.6) is 11.5 Å². The molecule has 0 saturated carbocycles. The van der Waals surface area contributed by atoms with Crippen molar-refractivity contribution in [3.8, 4) is 22.6 Å². The first-order valence-corrected chi connectivity index (χ1v) is 12.2. The van der Waals surface area contributed by atoms with Gasteiger partial charge in [0, 0.05) is 46.1 Å². The van der Waals surface area contributed by atoms with Gasteiger partial charge >= 0.3 is 0 Å². The number of thiophene rings is 1. The number of carbonyl (C=O) groups excluding carboxylic acids is 1. The topological polar surface area (TPSA) is 89.3 Å². The third-order valence-corrected chi connectivity index (χ3v) is 6.88. The number of amides is 1. The molecule has 4 aromatic rings. The summed E-state index contributed by atoms with van der Waals surface area (Å²) in [5, 5.41) is 9.36. The molecule has 0 aliphatic carbocycles. The molecule has 6 nitrogen and oxygen atoms in total. The number of hydrogen-bond acceptors (Lipinski definition) is 6. The monoisotopic (exact) mass is 470 g/mol. The fourth-order valence-electron chi connectivity index (χ4n) is 4.13. The molecule has 0 unspecified atom stereocenters. The fourth-order valence-corrected chi connectivity index (χ4v) is 5.21. The third kappa shape index (κ3) is 4.95. The number of hydrogen-bond donors (Lipinski definition) is 3. The van der Waals surface area contributed by atoms with E-state index in [-0.39, 0.29) is 11.9 Å². The van der Waals surface area contributed by atoms with E-state index in [1.165, 1.54) is 0 Å². The summed E-state index contributed by atoms with van der Waals surface area (Å²) < 4.78 is 6.91. The van der Waals surface area contributed by atoms with Crippen molar-refractivity contribution in [3.63, 3.8) is 0 Å². The number of para-hydroxylation sites is 1. The number of anilines is 1. The van der Waals surface area contributed by atoms with E-state index in [9.17, 15) is 4.79 Å². The molecule has 0 radical (unpaired) electrons. The molecule has 5 rings (SSSR count). The van der Waals surface area contributed by atoms with Crippen LogP contribution in [0.25, 0.3) is 27.3 Å². The lowest BCUT2D eigenvalue weighted by atomic mass is 10.0. The van der Waals surface area contributed by atoms with Crippen molar-refractivity contribution >= 4 is 39.2 Å². The van der Waals surface area contributed by atoms with Crippen molar-refractivity contribution in [1.82, 2.24) is 15.6 Å². The number of benzene rings is 2. The van der Waals surface area contributed by atoms with Crippen molar-refractivity contribution in [2.75, 3.05) is 18.8 Å². The third-order valence-electron chi connectivity index (χ3n) is 5.85. The summed E-state index contributed by atoms with van der Waals surface area (Å²) in [5.74, 6) is 1.95. The summed E-state index contributed by atoms with van der Waals surface area (Å²) in [6.45, 7) is 1.83. The summed E-state index contributed by atoms with van der Waals surface area (Å²) in [5.41, 5.74) is 9.21. The summed E-state index contributed by atoms with van der Waals surface area (Å²) in [7, 11) is 0. The molecule has 4 N–H and O–H groups in total. The molecule has 7 heteroatoms. The van der Waals surface area contributed by atoms with E-state index in [1.807, 2.05) is 60.7 Å². The lowest BCUT2D eigenvalue weighted by Crippen LogP contribution is -2.45. The molecule has 2 aromatic carbocycles. The Morgan fingerprint density at radius 1 is 1.15 bits per heavy atom. The average molecular weight is 471 g/mol. The highest BCUT2D eigenvalue weighted by atomic mass is 32.1. The second-order valence-electron chi connectivity index (χ2n) is 8.28. The van der Waals surface area contributed by atoms with Gasteiger partial charge in [-0.15, -0.1) is 11.3 Å². The number of fused-ring (bicyclic) bond motifs is 1. The average Bonchev–Trinajstić information content (AvgIpc) is 3.32. The highest BCUT2D eigenvalue weighted by Gasteiger charge is 2.15. The molecule has 172 valence electrons. The smallest absolute Gasteiger partial charge is 0.244 e. The van der Waals surface area contributed by atoms with Gasteiger partial charge < -0.3 is 21.1 Å². The Labute approximate surface area is 202 Å². The normalized spacial score (nSPS) is 16.1. The largest absolute Gasteiger partial charge is 0.457 e. The first-order valence-electron chi connectivity index (χ1n) is 11.4. The molecule has 1 aliphatic heterocycles.